The minimum atomic E-state index is -1.10. The second-order valence-electron chi connectivity index (χ2n) is 3.16. The molecule has 0 unspecified atom stereocenters. The molecule has 0 spiro atoms. The number of carboxylic acid groups (broad SMARTS) is 1. The van der Waals surface area contributed by atoms with Crippen molar-refractivity contribution < 1.29 is 14.7 Å². The Kier molecular flexibility index (Phi) is 4.08. The van der Waals surface area contributed by atoms with Gasteiger partial charge in [-0.3, -0.25) is 9.59 Å². The largest absolute Gasteiger partial charge is 0.481 e. The zero-order chi connectivity index (χ0) is 12.1. The molecular weight excluding hydrogens is 230 g/mol. The van der Waals surface area contributed by atoms with Gasteiger partial charge in [-0.05, 0) is 23.8 Å². The zero-order valence-corrected chi connectivity index (χ0v) is 9.07. The number of halogens is 1. The standard InChI is InChI=1S/C11H10ClNO3/c12-9-3-1-2-7(5-9)4-8(11(13)16)6-10(14)15/h1-5H,6H2,(H2,13,16)(H,14,15). The van der Waals surface area contributed by atoms with E-state index in [9.17, 15) is 9.59 Å². The van der Waals surface area contributed by atoms with Gasteiger partial charge in [0.15, 0.2) is 0 Å². The highest BCUT2D eigenvalue weighted by atomic mass is 35.5. The summed E-state index contributed by atoms with van der Waals surface area (Å²) in [5.74, 6) is -1.85. The number of rotatable bonds is 4. The van der Waals surface area contributed by atoms with Crippen LogP contribution in [0.3, 0.4) is 0 Å². The minimum Gasteiger partial charge on any atom is -0.481 e. The maximum atomic E-state index is 11.0. The van der Waals surface area contributed by atoms with Gasteiger partial charge in [0.05, 0.1) is 6.42 Å². The van der Waals surface area contributed by atoms with Gasteiger partial charge in [0, 0.05) is 10.6 Å². The number of primary amides is 1. The second kappa shape index (κ2) is 5.32. The van der Waals surface area contributed by atoms with Gasteiger partial charge in [-0.15, -0.1) is 0 Å². The van der Waals surface area contributed by atoms with E-state index < -0.39 is 18.3 Å². The number of amides is 1. The van der Waals surface area contributed by atoms with Gasteiger partial charge >= 0.3 is 5.97 Å². The van der Waals surface area contributed by atoms with Crippen molar-refractivity contribution >= 4 is 29.6 Å². The number of aliphatic carboxylic acids is 1. The molecule has 0 saturated carbocycles. The first-order valence-corrected chi connectivity index (χ1v) is 4.84. The zero-order valence-electron chi connectivity index (χ0n) is 8.31. The van der Waals surface area contributed by atoms with Crippen LogP contribution in [0.2, 0.25) is 5.02 Å². The summed E-state index contributed by atoms with van der Waals surface area (Å²) in [6, 6.07) is 6.70. The number of hydrogen-bond acceptors (Lipinski definition) is 2. The van der Waals surface area contributed by atoms with Crippen molar-refractivity contribution in [1.29, 1.82) is 0 Å². The predicted molar refractivity (Wildman–Crippen MR) is 60.9 cm³/mol. The van der Waals surface area contributed by atoms with Crippen LogP contribution < -0.4 is 5.73 Å². The summed E-state index contributed by atoms with van der Waals surface area (Å²) >= 11 is 5.75. The van der Waals surface area contributed by atoms with Crippen molar-refractivity contribution in [1.82, 2.24) is 0 Å². The molecule has 0 fully saturated rings. The van der Waals surface area contributed by atoms with Crippen LogP contribution in [0, 0.1) is 0 Å². The van der Waals surface area contributed by atoms with E-state index in [-0.39, 0.29) is 5.57 Å². The fourth-order valence-corrected chi connectivity index (χ4v) is 1.37. The van der Waals surface area contributed by atoms with E-state index in [4.69, 9.17) is 22.4 Å². The Morgan fingerprint density at radius 1 is 1.44 bits per heavy atom. The van der Waals surface area contributed by atoms with E-state index in [0.717, 1.165) is 0 Å². The van der Waals surface area contributed by atoms with Gasteiger partial charge in [-0.2, -0.15) is 0 Å². The van der Waals surface area contributed by atoms with Crippen LogP contribution in [-0.4, -0.2) is 17.0 Å². The molecule has 84 valence electrons. The third-order valence-corrected chi connectivity index (χ3v) is 2.08. The van der Waals surface area contributed by atoms with Gasteiger partial charge < -0.3 is 10.8 Å². The van der Waals surface area contributed by atoms with Crippen molar-refractivity contribution in [2.45, 2.75) is 6.42 Å². The molecule has 4 nitrogen and oxygen atoms in total. The van der Waals surface area contributed by atoms with Crippen molar-refractivity contribution in [3.05, 3.63) is 40.4 Å². The van der Waals surface area contributed by atoms with E-state index in [1.807, 2.05) is 0 Å². The second-order valence-corrected chi connectivity index (χ2v) is 3.60. The molecule has 1 rings (SSSR count). The highest BCUT2D eigenvalue weighted by Gasteiger charge is 2.09. The van der Waals surface area contributed by atoms with E-state index in [1.54, 1.807) is 24.3 Å². The summed E-state index contributed by atoms with van der Waals surface area (Å²) in [4.78, 5) is 21.5. The quantitative estimate of drug-likeness (QED) is 0.785. The van der Waals surface area contributed by atoms with E-state index in [0.29, 0.717) is 10.6 Å². The molecule has 1 aromatic rings. The maximum Gasteiger partial charge on any atom is 0.308 e. The van der Waals surface area contributed by atoms with Gasteiger partial charge in [0.1, 0.15) is 0 Å². The van der Waals surface area contributed by atoms with E-state index >= 15 is 0 Å². The molecule has 0 aliphatic carbocycles. The Labute approximate surface area is 97.3 Å². The number of carbonyl (C=O) groups is 2. The molecule has 0 atom stereocenters. The molecule has 5 heteroatoms. The Morgan fingerprint density at radius 2 is 2.12 bits per heavy atom. The van der Waals surface area contributed by atoms with Crippen LogP contribution in [0.1, 0.15) is 12.0 Å². The van der Waals surface area contributed by atoms with Crippen molar-refractivity contribution in [2.24, 2.45) is 5.73 Å². The molecule has 0 saturated heterocycles. The van der Waals surface area contributed by atoms with Crippen LogP contribution in [0.25, 0.3) is 6.08 Å². The summed E-state index contributed by atoms with van der Waals surface area (Å²) in [6.07, 6.45) is 1.02. The maximum absolute atomic E-state index is 11.0. The molecule has 1 aromatic carbocycles. The first kappa shape index (κ1) is 12.3. The van der Waals surface area contributed by atoms with Gasteiger partial charge in [0.25, 0.3) is 0 Å². The highest BCUT2D eigenvalue weighted by Crippen LogP contribution is 2.15. The first-order valence-electron chi connectivity index (χ1n) is 4.47. The first-order chi connectivity index (χ1) is 7.49. The molecule has 0 radical (unpaired) electrons. The SMILES string of the molecule is NC(=O)C(=Cc1cccc(Cl)c1)CC(=O)O. The fraction of sp³-hybridized carbons (Fsp3) is 0.0909. The summed E-state index contributed by atoms with van der Waals surface area (Å²) in [6.45, 7) is 0. The van der Waals surface area contributed by atoms with Crippen LogP contribution in [0.4, 0.5) is 0 Å². The third kappa shape index (κ3) is 3.74. The fourth-order valence-electron chi connectivity index (χ4n) is 1.17. The lowest BCUT2D eigenvalue weighted by Gasteiger charge is -2.00. The van der Waals surface area contributed by atoms with Crippen molar-refractivity contribution in [2.75, 3.05) is 0 Å². The lowest BCUT2D eigenvalue weighted by atomic mass is 10.1. The number of nitrogens with two attached hydrogens (primary N) is 1. The molecule has 16 heavy (non-hydrogen) atoms. The number of carboxylic acids is 1. The van der Waals surface area contributed by atoms with Crippen molar-refractivity contribution in [3.63, 3.8) is 0 Å². The smallest absolute Gasteiger partial charge is 0.308 e. The molecular formula is C11H10ClNO3. The van der Waals surface area contributed by atoms with Crippen LogP contribution >= 0.6 is 11.6 Å². The minimum absolute atomic E-state index is 0.0368. The number of hydrogen-bond donors (Lipinski definition) is 2. The third-order valence-electron chi connectivity index (χ3n) is 1.85. The average Bonchev–Trinajstić information content (AvgIpc) is 2.15. The Bertz CT molecular complexity index is 454. The Balaban J connectivity index is 3.02. The van der Waals surface area contributed by atoms with Gasteiger partial charge in [-0.1, -0.05) is 23.7 Å². The topological polar surface area (TPSA) is 80.4 Å². The molecule has 1 amide bonds. The molecule has 0 aromatic heterocycles. The normalized spacial score (nSPS) is 11.2. The average molecular weight is 240 g/mol. The number of benzene rings is 1. The molecule has 0 heterocycles. The van der Waals surface area contributed by atoms with Crippen LogP contribution in [0.15, 0.2) is 29.8 Å². The molecule has 0 bridgehead atoms. The molecule has 3 N–H and O–H groups in total. The summed E-state index contributed by atoms with van der Waals surface area (Å²) in [5, 5.41) is 9.10. The molecule has 0 aliphatic rings. The van der Waals surface area contributed by atoms with Crippen molar-refractivity contribution in [3.8, 4) is 0 Å². The highest BCUT2D eigenvalue weighted by molar-refractivity contribution is 6.30. The van der Waals surface area contributed by atoms with Gasteiger partial charge in [-0.25, -0.2) is 0 Å². The Morgan fingerprint density at radius 3 is 2.62 bits per heavy atom. The van der Waals surface area contributed by atoms with E-state index in [1.165, 1.54) is 6.08 Å². The Hall–Kier alpha value is -1.81. The number of carbonyl (C=O) groups excluding carboxylic acids is 1. The summed E-state index contributed by atoms with van der Waals surface area (Å²) in [5.41, 5.74) is 5.75. The van der Waals surface area contributed by atoms with Crippen LogP contribution in [-0.2, 0) is 9.59 Å². The van der Waals surface area contributed by atoms with Crippen LogP contribution in [0.5, 0.6) is 0 Å². The summed E-state index contributed by atoms with van der Waals surface area (Å²) in [7, 11) is 0. The molecule has 0 aliphatic heterocycles. The van der Waals surface area contributed by atoms with E-state index in [2.05, 4.69) is 0 Å². The summed E-state index contributed by atoms with van der Waals surface area (Å²) < 4.78 is 0. The lowest BCUT2D eigenvalue weighted by Crippen LogP contribution is -2.16. The lowest BCUT2D eigenvalue weighted by molar-refractivity contribution is -0.136. The van der Waals surface area contributed by atoms with Gasteiger partial charge in [0.2, 0.25) is 5.91 Å². The monoisotopic (exact) mass is 239 g/mol. The predicted octanol–water partition coefficient (Wildman–Crippen LogP) is 1.68.